The Morgan fingerprint density at radius 2 is 2.17 bits per heavy atom. The van der Waals surface area contributed by atoms with Crippen LogP contribution in [0.2, 0.25) is 0 Å². The van der Waals surface area contributed by atoms with E-state index in [-0.39, 0.29) is 23.8 Å². The fourth-order valence-electron chi connectivity index (χ4n) is 1.35. The van der Waals surface area contributed by atoms with Crippen molar-refractivity contribution in [3.8, 4) is 0 Å². The minimum absolute atomic E-state index is 0.190. The van der Waals surface area contributed by atoms with Crippen molar-refractivity contribution in [2.75, 3.05) is 25.5 Å². The van der Waals surface area contributed by atoms with Gasteiger partial charge in [-0.25, -0.2) is 4.39 Å². The summed E-state index contributed by atoms with van der Waals surface area (Å²) in [5, 5.41) is 2.65. The van der Waals surface area contributed by atoms with Crippen LogP contribution in [-0.4, -0.2) is 36.5 Å². The van der Waals surface area contributed by atoms with Gasteiger partial charge in [0, 0.05) is 17.8 Å². The molecule has 0 unspecified atom stereocenters. The van der Waals surface area contributed by atoms with Gasteiger partial charge in [-0.2, -0.15) is 0 Å². The third kappa shape index (κ3) is 4.09. The third-order valence-corrected chi connectivity index (χ3v) is 3.02. The molecule has 0 saturated heterocycles. The molecule has 0 radical (unpaired) electrons. The molecular formula is C13H20FN3O. The molecule has 5 heteroatoms. The Balaban J connectivity index is 2.57. The summed E-state index contributed by atoms with van der Waals surface area (Å²) in [4.78, 5) is 13.6. The lowest BCUT2D eigenvalue weighted by Gasteiger charge is -2.33. The molecule has 1 aromatic carbocycles. The number of benzene rings is 1. The average molecular weight is 253 g/mol. The predicted molar refractivity (Wildman–Crippen MR) is 70.8 cm³/mol. The highest BCUT2D eigenvalue weighted by atomic mass is 19.1. The largest absolute Gasteiger partial charge is 0.329 e. The van der Waals surface area contributed by atoms with Crippen molar-refractivity contribution in [2.45, 2.75) is 19.4 Å². The Labute approximate surface area is 107 Å². The van der Waals surface area contributed by atoms with Gasteiger partial charge in [0.15, 0.2) is 0 Å². The first-order valence-corrected chi connectivity index (χ1v) is 5.82. The molecule has 0 aliphatic carbocycles. The van der Waals surface area contributed by atoms with Crippen molar-refractivity contribution >= 4 is 11.6 Å². The van der Waals surface area contributed by atoms with E-state index >= 15 is 0 Å². The Hall–Kier alpha value is -1.46. The van der Waals surface area contributed by atoms with Gasteiger partial charge in [0.25, 0.3) is 0 Å². The highest BCUT2D eigenvalue weighted by Crippen LogP contribution is 2.11. The molecule has 0 bridgehead atoms. The fraction of sp³-hybridized carbons (Fsp3) is 0.462. The molecule has 0 heterocycles. The maximum Gasteiger partial charge on any atom is 0.238 e. The highest BCUT2D eigenvalue weighted by molar-refractivity contribution is 5.92. The summed E-state index contributed by atoms with van der Waals surface area (Å²) >= 11 is 0. The van der Waals surface area contributed by atoms with Crippen LogP contribution in [0.15, 0.2) is 24.3 Å². The summed E-state index contributed by atoms with van der Waals surface area (Å²) in [6.07, 6.45) is 0. The highest BCUT2D eigenvalue weighted by Gasteiger charge is 2.23. The van der Waals surface area contributed by atoms with Crippen LogP contribution >= 0.6 is 0 Å². The number of hydrogen-bond donors (Lipinski definition) is 2. The second kappa shape index (κ2) is 5.93. The Bertz CT molecular complexity index is 420. The van der Waals surface area contributed by atoms with E-state index in [1.165, 1.54) is 12.1 Å². The first-order chi connectivity index (χ1) is 8.35. The normalized spacial score (nSPS) is 11.7. The number of nitrogens with two attached hydrogens (primary N) is 1. The van der Waals surface area contributed by atoms with Gasteiger partial charge in [-0.15, -0.1) is 0 Å². The van der Waals surface area contributed by atoms with Gasteiger partial charge in [-0.1, -0.05) is 6.07 Å². The van der Waals surface area contributed by atoms with Crippen LogP contribution in [0, 0.1) is 5.82 Å². The molecule has 0 saturated carbocycles. The second-order valence-electron chi connectivity index (χ2n) is 4.93. The molecule has 100 valence electrons. The zero-order valence-corrected chi connectivity index (χ0v) is 11.0. The zero-order valence-electron chi connectivity index (χ0n) is 11.0. The Morgan fingerprint density at radius 3 is 2.72 bits per heavy atom. The zero-order chi connectivity index (χ0) is 13.8. The number of halogens is 1. The monoisotopic (exact) mass is 253 g/mol. The van der Waals surface area contributed by atoms with E-state index in [4.69, 9.17) is 5.73 Å². The van der Waals surface area contributed by atoms with Crippen LogP contribution < -0.4 is 11.1 Å². The van der Waals surface area contributed by atoms with Crippen LogP contribution in [0.1, 0.15) is 13.8 Å². The smallest absolute Gasteiger partial charge is 0.238 e. The molecule has 0 aromatic heterocycles. The molecule has 4 nitrogen and oxygen atoms in total. The van der Waals surface area contributed by atoms with E-state index < -0.39 is 0 Å². The summed E-state index contributed by atoms with van der Waals surface area (Å²) < 4.78 is 12.9. The van der Waals surface area contributed by atoms with E-state index in [1.54, 1.807) is 12.1 Å². The van der Waals surface area contributed by atoms with Crippen LogP contribution in [0.5, 0.6) is 0 Å². The van der Waals surface area contributed by atoms with E-state index in [0.717, 1.165) is 0 Å². The van der Waals surface area contributed by atoms with E-state index in [1.807, 2.05) is 25.8 Å². The number of carbonyl (C=O) groups is 1. The number of nitrogens with zero attached hydrogens (tertiary/aromatic N) is 1. The molecule has 0 aliphatic rings. The summed E-state index contributed by atoms with van der Waals surface area (Å²) in [5.74, 6) is -0.562. The quantitative estimate of drug-likeness (QED) is 0.834. The van der Waals surface area contributed by atoms with Crippen molar-refractivity contribution in [3.63, 3.8) is 0 Å². The number of anilines is 1. The first-order valence-electron chi connectivity index (χ1n) is 5.82. The summed E-state index contributed by atoms with van der Waals surface area (Å²) in [5.41, 5.74) is 5.84. The standard InChI is InChI=1S/C13H20FN3O/c1-13(2,9-15)17(3)8-12(18)16-11-6-4-5-10(14)7-11/h4-7H,8-9,15H2,1-3H3,(H,16,18). The van der Waals surface area contributed by atoms with Gasteiger partial charge in [-0.05, 0) is 39.1 Å². The lowest BCUT2D eigenvalue weighted by molar-refractivity contribution is -0.118. The third-order valence-electron chi connectivity index (χ3n) is 3.02. The molecule has 1 aromatic rings. The summed E-state index contributed by atoms with van der Waals surface area (Å²) in [6.45, 7) is 4.59. The second-order valence-corrected chi connectivity index (χ2v) is 4.93. The number of likely N-dealkylation sites (N-methyl/N-ethyl adjacent to an activating group) is 1. The van der Waals surface area contributed by atoms with Gasteiger partial charge in [0.1, 0.15) is 5.82 Å². The van der Waals surface area contributed by atoms with E-state index in [0.29, 0.717) is 12.2 Å². The number of rotatable bonds is 5. The number of hydrogen-bond acceptors (Lipinski definition) is 3. The van der Waals surface area contributed by atoms with Crippen LogP contribution in [0.25, 0.3) is 0 Å². The summed E-state index contributed by atoms with van der Waals surface area (Å²) in [7, 11) is 1.83. The van der Waals surface area contributed by atoms with Gasteiger partial charge in [0.2, 0.25) is 5.91 Å². The Morgan fingerprint density at radius 1 is 1.50 bits per heavy atom. The van der Waals surface area contributed by atoms with E-state index in [2.05, 4.69) is 5.32 Å². The molecular weight excluding hydrogens is 233 g/mol. The topological polar surface area (TPSA) is 58.4 Å². The molecule has 1 rings (SSSR count). The number of carbonyl (C=O) groups excluding carboxylic acids is 1. The maximum atomic E-state index is 12.9. The lowest BCUT2D eigenvalue weighted by Crippen LogP contribution is -2.49. The van der Waals surface area contributed by atoms with Gasteiger partial charge >= 0.3 is 0 Å². The lowest BCUT2D eigenvalue weighted by atomic mass is 10.0. The van der Waals surface area contributed by atoms with Crippen LogP contribution in [0.3, 0.4) is 0 Å². The maximum absolute atomic E-state index is 12.9. The molecule has 0 atom stereocenters. The van der Waals surface area contributed by atoms with Crippen LogP contribution in [-0.2, 0) is 4.79 Å². The Kier molecular flexibility index (Phi) is 4.81. The molecule has 0 spiro atoms. The van der Waals surface area contributed by atoms with Gasteiger partial charge in [0.05, 0.1) is 6.54 Å². The number of nitrogens with one attached hydrogen (secondary N) is 1. The van der Waals surface area contributed by atoms with Gasteiger partial charge < -0.3 is 11.1 Å². The summed E-state index contributed by atoms with van der Waals surface area (Å²) in [6, 6.07) is 5.82. The van der Waals surface area contributed by atoms with Crippen molar-refractivity contribution in [1.29, 1.82) is 0 Å². The molecule has 1 amide bonds. The predicted octanol–water partition coefficient (Wildman–Crippen LogP) is 1.43. The van der Waals surface area contributed by atoms with Crippen molar-refractivity contribution in [1.82, 2.24) is 4.90 Å². The molecule has 3 N–H and O–H groups in total. The average Bonchev–Trinajstić information content (AvgIpc) is 2.28. The SMILES string of the molecule is CN(CC(=O)Nc1cccc(F)c1)C(C)(C)CN. The van der Waals surface area contributed by atoms with Crippen molar-refractivity contribution in [2.24, 2.45) is 5.73 Å². The first kappa shape index (κ1) is 14.6. The molecule has 0 aliphatic heterocycles. The van der Waals surface area contributed by atoms with E-state index in [9.17, 15) is 9.18 Å². The molecule has 0 fully saturated rings. The van der Waals surface area contributed by atoms with Crippen molar-refractivity contribution in [3.05, 3.63) is 30.1 Å². The van der Waals surface area contributed by atoms with Crippen LogP contribution in [0.4, 0.5) is 10.1 Å². The molecule has 18 heavy (non-hydrogen) atoms. The van der Waals surface area contributed by atoms with Gasteiger partial charge in [-0.3, -0.25) is 9.69 Å². The minimum Gasteiger partial charge on any atom is -0.329 e. The fourth-order valence-corrected chi connectivity index (χ4v) is 1.35. The minimum atomic E-state index is -0.372. The van der Waals surface area contributed by atoms with Crippen molar-refractivity contribution < 1.29 is 9.18 Å². The number of amides is 1.